The predicted molar refractivity (Wildman–Crippen MR) is 85.8 cm³/mol. The first-order chi connectivity index (χ1) is 9.09. The SMILES string of the molecule is CC(C(=O)N(C)C1CCNCC1)c1cccc(Cl)c1.Cl. The molecule has 1 unspecified atom stereocenters. The van der Waals surface area contributed by atoms with Crippen LogP contribution in [0.3, 0.4) is 0 Å². The molecule has 1 aromatic rings. The van der Waals surface area contributed by atoms with Gasteiger partial charge in [-0.05, 0) is 50.6 Å². The van der Waals surface area contributed by atoms with E-state index in [9.17, 15) is 4.79 Å². The zero-order valence-electron chi connectivity index (χ0n) is 11.9. The van der Waals surface area contributed by atoms with Crippen LogP contribution in [0.25, 0.3) is 0 Å². The summed E-state index contributed by atoms with van der Waals surface area (Å²) in [6, 6.07) is 7.92. The summed E-state index contributed by atoms with van der Waals surface area (Å²) >= 11 is 5.99. The average Bonchev–Trinajstić information content (AvgIpc) is 2.46. The van der Waals surface area contributed by atoms with Crippen molar-refractivity contribution in [2.24, 2.45) is 0 Å². The van der Waals surface area contributed by atoms with Gasteiger partial charge in [0.25, 0.3) is 0 Å². The van der Waals surface area contributed by atoms with Gasteiger partial charge in [0.15, 0.2) is 0 Å². The zero-order chi connectivity index (χ0) is 13.8. The normalized spacial score (nSPS) is 17.1. The van der Waals surface area contributed by atoms with Gasteiger partial charge in [-0.2, -0.15) is 0 Å². The van der Waals surface area contributed by atoms with Crippen LogP contribution in [0.4, 0.5) is 0 Å². The van der Waals surface area contributed by atoms with Gasteiger partial charge < -0.3 is 10.2 Å². The Labute approximate surface area is 132 Å². The van der Waals surface area contributed by atoms with Gasteiger partial charge in [-0.15, -0.1) is 12.4 Å². The summed E-state index contributed by atoms with van der Waals surface area (Å²) in [5, 5.41) is 4.00. The van der Waals surface area contributed by atoms with Crippen LogP contribution >= 0.6 is 24.0 Å². The van der Waals surface area contributed by atoms with Crippen molar-refractivity contribution in [3.63, 3.8) is 0 Å². The van der Waals surface area contributed by atoms with Crippen LogP contribution < -0.4 is 5.32 Å². The van der Waals surface area contributed by atoms with Crippen LogP contribution in [0.5, 0.6) is 0 Å². The zero-order valence-corrected chi connectivity index (χ0v) is 13.5. The number of nitrogens with zero attached hydrogens (tertiary/aromatic N) is 1. The summed E-state index contributed by atoms with van der Waals surface area (Å²) in [7, 11) is 1.92. The van der Waals surface area contributed by atoms with E-state index >= 15 is 0 Å². The van der Waals surface area contributed by atoms with Crippen molar-refractivity contribution in [3.8, 4) is 0 Å². The highest BCUT2D eigenvalue weighted by Gasteiger charge is 2.26. The van der Waals surface area contributed by atoms with Crippen molar-refractivity contribution in [1.29, 1.82) is 0 Å². The molecule has 0 aromatic heterocycles. The maximum atomic E-state index is 12.5. The van der Waals surface area contributed by atoms with Crippen molar-refractivity contribution < 1.29 is 4.79 Å². The van der Waals surface area contributed by atoms with E-state index in [0.29, 0.717) is 11.1 Å². The molecule has 1 N–H and O–H groups in total. The molecule has 2 rings (SSSR count). The lowest BCUT2D eigenvalue weighted by molar-refractivity contribution is -0.133. The summed E-state index contributed by atoms with van der Waals surface area (Å²) in [6.07, 6.45) is 2.06. The first kappa shape index (κ1) is 17.3. The Bertz CT molecular complexity index is 447. The molecule has 3 nitrogen and oxygen atoms in total. The van der Waals surface area contributed by atoms with Crippen molar-refractivity contribution in [2.45, 2.75) is 31.7 Å². The second-order valence-electron chi connectivity index (χ2n) is 5.21. The number of piperidine rings is 1. The Balaban J connectivity index is 0.00000200. The number of carbonyl (C=O) groups excluding carboxylic acids is 1. The summed E-state index contributed by atoms with van der Waals surface area (Å²) in [4.78, 5) is 14.4. The molecule has 1 atom stereocenters. The Morgan fingerprint density at radius 3 is 2.65 bits per heavy atom. The number of carbonyl (C=O) groups is 1. The molecule has 1 aromatic carbocycles. The van der Waals surface area contributed by atoms with Gasteiger partial charge in [-0.25, -0.2) is 0 Å². The van der Waals surface area contributed by atoms with E-state index < -0.39 is 0 Å². The molecule has 1 aliphatic heterocycles. The summed E-state index contributed by atoms with van der Waals surface area (Å²) < 4.78 is 0. The van der Waals surface area contributed by atoms with Gasteiger partial charge in [-0.1, -0.05) is 23.7 Å². The number of hydrogen-bond donors (Lipinski definition) is 1. The number of nitrogens with one attached hydrogen (secondary N) is 1. The molecule has 1 heterocycles. The molecule has 0 bridgehead atoms. The Kier molecular flexibility index (Phi) is 6.80. The fraction of sp³-hybridized carbons (Fsp3) is 0.533. The highest BCUT2D eigenvalue weighted by Crippen LogP contribution is 2.23. The smallest absolute Gasteiger partial charge is 0.229 e. The van der Waals surface area contributed by atoms with E-state index in [4.69, 9.17) is 11.6 Å². The van der Waals surface area contributed by atoms with Crippen LogP contribution in [0, 0.1) is 0 Å². The lowest BCUT2D eigenvalue weighted by atomic mass is 9.97. The fourth-order valence-corrected chi connectivity index (χ4v) is 2.80. The van der Waals surface area contributed by atoms with Crippen molar-refractivity contribution >= 4 is 29.9 Å². The molecule has 0 radical (unpaired) electrons. The summed E-state index contributed by atoms with van der Waals surface area (Å²) in [5.74, 6) is 0.0350. The number of benzene rings is 1. The van der Waals surface area contributed by atoms with Gasteiger partial charge in [-0.3, -0.25) is 4.79 Å². The van der Waals surface area contributed by atoms with Crippen LogP contribution in [-0.4, -0.2) is 37.0 Å². The lowest BCUT2D eigenvalue weighted by Gasteiger charge is -2.33. The van der Waals surface area contributed by atoms with E-state index in [-0.39, 0.29) is 24.2 Å². The molecule has 1 aliphatic rings. The van der Waals surface area contributed by atoms with Crippen LogP contribution in [0.2, 0.25) is 5.02 Å². The first-order valence-electron chi connectivity index (χ1n) is 6.82. The number of likely N-dealkylation sites (N-methyl/N-ethyl adjacent to an activating group) is 1. The topological polar surface area (TPSA) is 32.3 Å². The van der Waals surface area contributed by atoms with Gasteiger partial charge in [0.05, 0.1) is 5.92 Å². The maximum Gasteiger partial charge on any atom is 0.229 e. The van der Waals surface area contributed by atoms with E-state index in [0.717, 1.165) is 31.5 Å². The Morgan fingerprint density at radius 1 is 1.40 bits per heavy atom. The molecule has 1 saturated heterocycles. The fourth-order valence-electron chi connectivity index (χ4n) is 2.60. The summed E-state index contributed by atoms with van der Waals surface area (Å²) in [6.45, 7) is 3.94. The molecule has 20 heavy (non-hydrogen) atoms. The predicted octanol–water partition coefficient (Wildman–Crippen LogP) is 3.08. The molecule has 5 heteroatoms. The number of hydrogen-bond acceptors (Lipinski definition) is 2. The third-order valence-electron chi connectivity index (χ3n) is 3.92. The molecule has 0 spiro atoms. The third kappa shape index (κ3) is 4.11. The number of rotatable bonds is 3. The quantitative estimate of drug-likeness (QED) is 0.929. The Morgan fingerprint density at radius 2 is 2.05 bits per heavy atom. The summed E-state index contributed by atoms with van der Waals surface area (Å²) in [5.41, 5.74) is 0.985. The highest BCUT2D eigenvalue weighted by atomic mass is 35.5. The second kappa shape index (κ2) is 7.87. The van der Waals surface area contributed by atoms with Crippen molar-refractivity contribution in [2.75, 3.05) is 20.1 Å². The second-order valence-corrected chi connectivity index (χ2v) is 5.64. The maximum absolute atomic E-state index is 12.5. The molecule has 1 fully saturated rings. The van der Waals surface area contributed by atoms with E-state index in [2.05, 4.69) is 5.32 Å². The van der Waals surface area contributed by atoms with Gasteiger partial charge in [0.1, 0.15) is 0 Å². The van der Waals surface area contributed by atoms with Crippen LogP contribution in [-0.2, 0) is 4.79 Å². The van der Waals surface area contributed by atoms with Crippen molar-refractivity contribution in [3.05, 3.63) is 34.9 Å². The van der Waals surface area contributed by atoms with E-state index in [1.807, 2.05) is 43.1 Å². The van der Waals surface area contributed by atoms with Gasteiger partial charge in [0, 0.05) is 18.1 Å². The lowest BCUT2D eigenvalue weighted by Crippen LogP contribution is -2.45. The number of halogens is 2. The minimum Gasteiger partial charge on any atom is -0.342 e. The molecule has 0 saturated carbocycles. The standard InChI is InChI=1S/C15H21ClN2O.ClH/c1-11(12-4-3-5-13(16)10-12)15(19)18(2)14-6-8-17-9-7-14;/h3-5,10-11,14,17H,6-9H2,1-2H3;1H. The molecule has 1 amide bonds. The third-order valence-corrected chi connectivity index (χ3v) is 4.16. The highest BCUT2D eigenvalue weighted by molar-refractivity contribution is 6.30. The van der Waals surface area contributed by atoms with Gasteiger partial charge in [0.2, 0.25) is 5.91 Å². The molecule has 112 valence electrons. The average molecular weight is 317 g/mol. The molecular formula is C15H22Cl2N2O. The minimum atomic E-state index is -0.140. The van der Waals surface area contributed by atoms with Gasteiger partial charge >= 0.3 is 0 Å². The van der Waals surface area contributed by atoms with Crippen LogP contribution in [0.1, 0.15) is 31.2 Å². The Hall–Kier alpha value is -0.770. The number of amides is 1. The largest absolute Gasteiger partial charge is 0.342 e. The first-order valence-corrected chi connectivity index (χ1v) is 7.20. The van der Waals surface area contributed by atoms with E-state index in [1.165, 1.54) is 0 Å². The van der Waals surface area contributed by atoms with Crippen LogP contribution in [0.15, 0.2) is 24.3 Å². The molecular weight excluding hydrogens is 295 g/mol. The molecule has 0 aliphatic carbocycles. The monoisotopic (exact) mass is 316 g/mol. The van der Waals surface area contributed by atoms with E-state index in [1.54, 1.807) is 0 Å². The van der Waals surface area contributed by atoms with Crippen molar-refractivity contribution in [1.82, 2.24) is 10.2 Å². The minimum absolute atomic E-state index is 0.